The molecular formula is C17H18BrFO. The van der Waals surface area contributed by atoms with Gasteiger partial charge < -0.3 is 5.11 Å². The molecule has 0 aromatic heterocycles. The van der Waals surface area contributed by atoms with Gasteiger partial charge >= 0.3 is 0 Å². The van der Waals surface area contributed by atoms with Crippen LogP contribution in [0.1, 0.15) is 33.9 Å². The van der Waals surface area contributed by atoms with Crippen molar-refractivity contribution in [3.8, 4) is 0 Å². The molecule has 0 spiro atoms. The molecule has 0 saturated carbocycles. The van der Waals surface area contributed by atoms with Crippen molar-refractivity contribution < 1.29 is 9.50 Å². The Morgan fingerprint density at radius 2 is 1.70 bits per heavy atom. The number of benzene rings is 2. The summed E-state index contributed by atoms with van der Waals surface area (Å²) in [6.45, 7) is 6.10. The summed E-state index contributed by atoms with van der Waals surface area (Å²) < 4.78 is 14.6. The predicted molar refractivity (Wildman–Crippen MR) is 83.4 cm³/mol. The molecule has 20 heavy (non-hydrogen) atoms. The van der Waals surface area contributed by atoms with Crippen molar-refractivity contribution in [1.29, 1.82) is 0 Å². The Bertz CT molecular complexity index is 614. The van der Waals surface area contributed by atoms with E-state index in [1.54, 1.807) is 12.1 Å². The van der Waals surface area contributed by atoms with Crippen molar-refractivity contribution in [3.63, 3.8) is 0 Å². The molecule has 0 aliphatic rings. The quantitative estimate of drug-likeness (QED) is 0.854. The lowest BCUT2D eigenvalue weighted by molar-refractivity contribution is 0.173. The minimum Gasteiger partial charge on any atom is -0.388 e. The molecule has 0 saturated heterocycles. The summed E-state index contributed by atoms with van der Waals surface area (Å²) in [5.41, 5.74) is 4.89. The monoisotopic (exact) mass is 336 g/mol. The van der Waals surface area contributed by atoms with Gasteiger partial charge in [-0.3, -0.25) is 0 Å². The first kappa shape index (κ1) is 15.2. The maximum atomic E-state index is 13.8. The van der Waals surface area contributed by atoms with Crippen molar-refractivity contribution >= 4 is 15.9 Å². The number of aryl methyl sites for hydroxylation is 3. The maximum Gasteiger partial charge on any atom is 0.129 e. The van der Waals surface area contributed by atoms with Crippen molar-refractivity contribution in [2.75, 3.05) is 0 Å². The van der Waals surface area contributed by atoms with E-state index in [0.29, 0.717) is 12.0 Å². The lowest BCUT2D eigenvalue weighted by atomic mass is 9.93. The summed E-state index contributed by atoms with van der Waals surface area (Å²) in [5, 5.41) is 10.3. The normalized spacial score (nSPS) is 12.5. The number of aliphatic hydroxyl groups excluding tert-OH is 1. The van der Waals surface area contributed by atoms with E-state index in [1.165, 1.54) is 11.6 Å². The summed E-state index contributed by atoms with van der Waals surface area (Å²) in [7, 11) is 0. The van der Waals surface area contributed by atoms with Crippen LogP contribution in [-0.4, -0.2) is 5.11 Å². The standard InChI is InChI=1S/C17H18BrFO/c1-10-6-11(2)14(12(3)7-10)9-17(20)15-8-13(18)4-5-16(15)19/h4-8,17,20H,9H2,1-3H3. The SMILES string of the molecule is Cc1cc(C)c(CC(O)c2cc(Br)ccc2F)c(C)c1. The van der Waals surface area contributed by atoms with E-state index in [1.807, 2.05) is 20.8 Å². The minimum absolute atomic E-state index is 0.332. The number of hydrogen-bond donors (Lipinski definition) is 1. The Balaban J connectivity index is 2.32. The topological polar surface area (TPSA) is 20.2 Å². The maximum absolute atomic E-state index is 13.8. The van der Waals surface area contributed by atoms with Gasteiger partial charge in [0.2, 0.25) is 0 Å². The molecule has 0 fully saturated rings. The van der Waals surface area contributed by atoms with E-state index in [4.69, 9.17) is 0 Å². The summed E-state index contributed by atoms with van der Waals surface area (Å²) in [6.07, 6.45) is -0.418. The molecule has 0 radical (unpaired) electrons. The Morgan fingerprint density at radius 3 is 2.30 bits per heavy atom. The molecule has 0 heterocycles. The molecule has 106 valence electrons. The van der Waals surface area contributed by atoms with Gasteiger partial charge in [-0.15, -0.1) is 0 Å². The molecule has 0 bridgehead atoms. The Kier molecular flexibility index (Phi) is 4.61. The minimum atomic E-state index is -0.840. The highest BCUT2D eigenvalue weighted by Gasteiger charge is 2.16. The van der Waals surface area contributed by atoms with Gasteiger partial charge in [-0.1, -0.05) is 33.6 Å². The number of halogens is 2. The van der Waals surface area contributed by atoms with Gasteiger partial charge in [0, 0.05) is 16.5 Å². The zero-order valence-electron chi connectivity index (χ0n) is 11.9. The van der Waals surface area contributed by atoms with Crippen LogP contribution in [0.15, 0.2) is 34.8 Å². The van der Waals surface area contributed by atoms with E-state index in [0.717, 1.165) is 21.2 Å². The van der Waals surface area contributed by atoms with Gasteiger partial charge in [0.1, 0.15) is 5.82 Å². The number of aliphatic hydroxyl groups is 1. The van der Waals surface area contributed by atoms with E-state index >= 15 is 0 Å². The van der Waals surface area contributed by atoms with Crippen LogP contribution >= 0.6 is 15.9 Å². The lowest BCUT2D eigenvalue weighted by Crippen LogP contribution is -2.07. The van der Waals surface area contributed by atoms with Gasteiger partial charge in [-0.2, -0.15) is 0 Å². The molecule has 1 N–H and O–H groups in total. The Hall–Kier alpha value is -1.19. The second-order valence-corrected chi connectivity index (χ2v) is 6.18. The van der Waals surface area contributed by atoms with E-state index in [-0.39, 0.29) is 5.82 Å². The lowest BCUT2D eigenvalue weighted by Gasteiger charge is -2.17. The largest absolute Gasteiger partial charge is 0.388 e. The second-order valence-electron chi connectivity index (χ2n) is 5.26. The van der Waals surface area contributed by atoms with Crippen LogP contribution in [0, 0.1) is 26.6 Å². The van der Waals surface area contributed by atoms with Gasteiger partial charge in [0.05, 0.1) is 6.10 Å². The van der Waals surface area contributed by atoms with Gasteiger partial charge in [0.25, 0.3) is 0 Å². The first-order valence-corrected chi connectivity index (χ1v) is 7.37. The molecule has 3 heteroatoms. The summed E-state index contributed by atoms with van der Waals surface area (Å²) in [6, 6.07) is 8.82. The third-order valence-electron chi connectivity index (χ3n) is 3.55. The van der Waals surface area contributed by atoms with Crippen molar-refractivity contribution in [3.05, 3.63) is 68.4 Å². The van der Waals surface area contributed by atoms with E-state index < -0.39 is 6.10 Å². The Labute approximate surface area is 127 Å². The first-order valence-electron chi connectivity index (χ1n) is 6.58. The van der Waals surface area contributed by atoms with E-state index in [9.17, 15) is 9.50 Å². The van der Waals surface area contributed by atoms with Crippen LogP contribution in [0.25, 0.3) is 0 Å². The molecule has 1 nitrogen and oxygen atoms in total. The molecule has 1 atom stereocenters. The van der Waals surface area contributed by atoms with Crippen LogP contribution in [0.3, 0.4) is 0 Å². The molecule has 0 aliphatic heterocycles. The van der Waals surface area contributed by atoms with Gasteiger partial charge in [0.15, 0.2) is 0 Å². The highest BCUT2D eigenvalue weighted by atomic mass is 79.9. The second kappa shape index (κ2) is 6.06. The zero-order valence-corrected chi connectivity index (χ0v) is 13.5. The summed E-state index contributed by atoms with van der Waals surface area (Å²) >= 11 is 3.31. The van der Waals surface area contributed by atoms with Crippen molar-refractivity contribution in [2.45, 2.75) is 33.3 Å². The third-order valence-corrected chi connectivity index (χ3v) is 4.05. The first-order chi connectivity index (χ1) is 9.38. The van der Waals surface area contributed by atoms with Crippen molar-refractivity contribution in [2.24, 2.45) is 0 Å². The van der Waals surface area contributed by atoms with Gasteiger partial charge in [-0.25, -0.2) is 4.39 Å². The van der Waals surface area contributed by atoms with E-state index in [2.05, 4.69) is 28.1 Å². The highest BCUT2D eigenvalue weighted by Crippen LogP contribution is 2.27. The van der Waals surface area contributed by atoms with Crippen LogP contribution in [0.4, 0.5) is 4.39 Å². The number of hydrogen-bond acceptors (Lipinski definition) is 1. The smallest absolute Gasteiger partial charge is 0.129 e. The predicted octanol–water partition coefficient (Wildman–Crippen LogP) is 4.79. The van der Waals surface area contributed by atoms with Crippen LogP contribution < -0.4 is 0 Å². The molecule has 2 aromatic carbocycles. The zero-order chi connectivity index (χ0) is 14.9. The van der Waals surface area contributed by atoms with Crippen LogP contribution in [0.2, 0.25) is 0 Å². The molecule has 1 unspecified atom stereocenters. The van der Waals surface area contributed by atoms with Gasteiger partial charge in [-0.05, 0) is 55.7 Å². The molecule has 0 aliphatic carbocycles. The average molecular weight is 337 g/mol. The fourth-order valence-corrected chi connectivity index (χ4v) is 2.98. The third kappa shape index (κ3) is 3.28. The Morgan fingerprint density at radius 1 is 1.10 bits per heavy atom. The average Bonchev–Trinajstić information content (AvgIpc) is 2.36. The number of rotatable bonds is 3. The molecule has 2 aromatic rings. The van der Waals surface area contributed by atoms with Crippen molar-refractivity contribution in [1.82, 2.24) is 0 Å². The van der Waals surface area contributed by atoms with Crippen LogP contribution in [0.5, 0.6) is 0 Å². The van der Waals surface area contributed by atoms with Crippen LogP contribution in [-0.2, 0) is 6.42 Å². The highest BCUT2D eigenvalue weighted by molar-refractivity contribution is 9.10. The summed E-state index contributed by atoms with van der Waals surface area (Å²) in [4.78, 5) is 0. The fraction of sp³-hybridized carbons (Fsp3) is 0.294. The molecular weight excluding hydrogens is 319 g/mol. The molecule has 2 rings (SSSR count). The summed E-state index contributed by atoms with van der Waals surface area (Å²) in [5.74, 6) is -0.372. The molecule has 0 amide bonds. The fourth-order valence-electron chi connectivity index (χ4n) is 2.61.